The Balaban J connectivity index is 1.67. The number of hydrogen-bond acceptors (Lipinski definition) is 5. The summed E-state index contributed by atoms with van der Waals surface area (Å²) in [5.74, 6) is 1.79. The predicted molar refractivity (Wildman–Crippen MR) is 110 cm³/mol. The normalized spacial score (nSPS) is 15.9. The van der Waals surface area contributed by atoms with Crippen LogP contribution in [0.25, 0.3) is 5.70 Å². The first-order chi connectivity index (χ1) is 13.0. The zero-order valence-corrected chi connectivity index (χ0v) is 16.3. The molecule has 0 saturated heterocycles. The van der Waals surface area contributed by atoms with Crippen LogP contribution in [0.1, 0.15) is 29.4 Å². The maximum Gasteiger partial charge on any atom is 0.223 e. The number of nitrogens with one attached hydrogen (secondary N) is 2. The van der Waals surface area contributed by atoms with Crippen molar-refractivity contribution in [2.45, 2.75) is 27.7 Å². The van der Waals surface area contributed by atoms with Crippen molar-refractivity contribution in [2.75, 3.05) is 18.4 Å². The second kappa shape index (κ2) is 6.91. The molecule has 0 spiro atoms. The van der Waals surface area contributed by atoms with Crippen molar-refractivity contribution in [2.24, 2.45) is 0 Å². The number of allylic oxidation sites excluding steroid dienone is 2. The van der Waals surface area contributed by atoms with Gasteiger partial charge in [0.05, 0.1) is 17.9 Å². The monoisotopic (exact) mass is 359 g/mol. The van der Waals surface area contributed by atoms with Crippen LogP contribution in [0.2, 0.25) is 0 Å². The van der Waals surface area contributed by atoms with E-state index in [0.717, 1.165) is 29.5 Å². The van der Waals surface area contributed by atoms with E-state index in [1.807, 2.05) is 19.9 Å². The largest absolute Gasteiger partial charge is 0.349 e. The van der Waals surface area contributed by atoms with Gasteiger partial charge in [0.1, 0.15) is 5.82 Å². The smallest absolute Gasteiger partial charge is 0.223 e. The number of anilines is 1. The standard InChI is InChI=1S/C22H25N5/c1-14-5-8-18(9-6-14)21-19(27-13-15(2)7-10-20(27)26-21)12-23-22-24-16(3)11-17(4)25-22/h5-11,26H,12-13H2,1-4H3,(H,23,24,25). The highest BCUT2D eigenvalue weighted by Crippen LogP contribution is 2.32. The molecule has 1 aromatic heterocycles. The molecule has 138 valence electrons. The zero-order valence-electron chi connectivity index (χ0n) is 16.3. The van der Waals surface area contributed by atoms with Gasteiger partial charge in [0.2, 0.25) is 5.95 Å². The summed E-state index contributed by atoms with van der Waals surface area (Å²) < 4.78 is 0. The van der Waals surface area contributed by atoms with Gasteiger partial charge in [0.25, 0.3) is 0 Å². The molecule has 2 N–H and O–H groups in total. The molecule has 0 atom stereocenters. The van der Waals surface area contributed by atoms with Gasteiger partial charge in [0, 0.05) is 17.9 Å². The summed E-state index contributed by atoms with van der Waals surface area (Å²) in [6, 6.07) is 10.6. The highest BCUT2D eigenvalue weighted by molar-refractivity contribution is 5.72. The fraction of sp³-hybridized carbons (Fsp3) is 0.273. The number of aryl methyl sites for hydroxylation is 3. The second-order valence-electron chi connectivity index (χ2n) is 7.29. The molecular formula is C22H25N5. The number of fused-ring (bicyclic) bond motifs is 1. The lowest BCUT2D eigenvalue weighted by Gasteiger charge is -2.26. The van der Waals surface area contributed by atoms with Crippen LogP contribution >= 0.6 is 0 Å². The molecule has 0 bridgehead atoms. The maximum absolute atomic E-state index is 4.51. The van der Waals surface area contributed by atoms with Crippen LogP contribution in [0.3, 0.4) is 0 Å². The average Bonchev–Trinajstić information content (AvgIpc) is 2.97. The van der Waals surface area contributed by atoms with Crippen LogP contribution < -0.4 is 10.6 Å². The third-order valence-corrected chi connectivity index (χ3v) is 4.83. The van der Waals surface area contributed by atoms with E-state index >= 15 is 0 Å². The molecule has 2 aromatic rings. The van der Waals surface area contributed by atoms with E-state index in [9.17, 15) is 0 Å². The number of aromatic nitrogens is 2. The van der Waals surface area contributed by atoms with E-state index in [1.54, 1.807) is 0 Å². The first-order valence-electron chi connectivity index (χ1n) is 9.28. The molecular weight excluding hydrogens is 334 g/mol. The Kier molecular flexibility index (Phi) is 4.44. The highest BCUT2D eigenvalue weighted by Gasteiger charge is 2.29. The molecule has 27 heavy (non-hydrogen) atoms. The fourth-order valence-electron chi connectivity index (χ4n) is 3.49. The molecule has 5 heteroatoms. The van der Waals surface area contributed by atoms with Gasteiger partial charge in [0.15, 0.2) is 0 Å². The maximum atomic E-state index is 4.51. The van der Waals surface area contributed by atoms with Gasteiger partial charge in [-0.3, -0.25) is 0 Å². The van der Waals surface area contributed by atoms with Crippen LogP contribution in [0.15, 0.2) is 59.6 Å². The molecule has 0 unspecified atom stereocenters. The van der Waals surface area contributed by atoms with Crippen LogP contribution in [-0.4, -0.2) is 28.0 Å². The quantitative estimate of drug-likeness (QED) is 0.867. The van der Waals surface area contributed by atoms with Crippen LogP contribution in [0, 0.1) is 20.8 Å². The predicted octanol–water partition coefficient (Wildman–Crippen LogP) is 3.89. The number of hydrogen-bond donors (Lipinski definition) is 2. The van der Waals surface area contributed by atoms with E-state index in [-0.39, 0.29) is 0 Å². The van der Waals surface area contributed by atoms with E-state index in [1.165, 1.54) is 22.4 Å². The van der Waals surface area contributed by atoms with Crippen LogP contribution in [-0.2, 0) is 0 Å². The Hall–Kier alpha value is -3.08. The summed E-state index contributed by atoms with van der Waals surface area (Å²) in [5.41, 5.74) is 8.08. The van der Waals surface area contributed by atoms with Gasteiger partial charge < -0.3 is 15.5 Å². The van der Waals surface area contributed by atoms with E-state index in [0.29, 0.717) is 12.5 Å². The lowest BCUT2D eigenvalue weighted by Crippen LogP contribution is -2.28. The summed E-state index contributed by atoms with van der Waals surface area (Å²) in [6.07, 6.45) is 4.32. The Morgan fingerprint density at radius 1 is 1.00 bits per heavy atom. The molecule has 1 aromatic carbocycles. The molecule has 2 aliphatic rings. The molecule has 0 amide bonds. The minimum atomic E-state index is 0.656. The summed E-state index contributed by atoms with van der Waals surface area (Å²) in [5, 5.41) is 7.02. The van der Waals surface area contributed by atoms with Crippen molar-refractivity contribution < 1.29 is 0 Å². The third kappa shape index (κ3) is 3.58. The van der Waals surface area contributed by atoms with Gasteiger partial charge >= 0.3 is 0 Å². The average molecular weight is 359 g/mol. The van der Waals surface area contributed by atoms with Crippen molar-refractivity contribution in [3.63, 3.8) is 0 Å². The molecule has 0 radical (unpaired) electrons. The molecule has 0 fully saturated rings. The van der Waals surface area contributed by atoms with E-state index in [2.05, 4.69) is 75.8 Å². The minimum absolute atomic E-state index is 0.656. The summed E-state index contributed by atoms with van der Waals surface area (Å²) in [4.78, 5) is 11.4. The first kappa shape index (κ1) is 17.3. The minimum Gasteiger partial charge on any atom is -0.349 e. The van der Waals surface area contributed by atoms with Crippen LogP contribution in [0.5, 0.6) is 0 Å². The van der Waals surface area contributed by atoms with Gasteiger partial charge in [-0.1, -0.05) is 41.5 Å². The Morgan fingerprint density at radius 2 is 1.70 bits per heavy atom. The third-order valence-electron chi connectivity index (χ3n) is 4.83. The van der Waals surface area contributed by atoms with Crippen molar-refractivity contribution in [3.8, 4) is 0 Å². The van der Waals surface area contributed by atoms with E-state index in [4.69, 9.17) is 0 Å². The molecule has 2 aliphatic heterocycles. The molecule has 4 rings (SSSR count). The number of rotatable bonds is 4. The van der Waals surface area contributed by atoms with Crippen molar-refractivity contribution >= 4 is 11.6 Å². The molecule has 3 heterocycles. The molecule has 0 aliphatic carbocycles. The fourth-order valence-corrected chi connectivity index (χ4v) is 3.49. The Bertz CT molecular complexity index is 946. The zero-order chi connectivity index (χ0) is 19.0. The van der Waals surface area contributed by atoms with Crippen molar-refractivity contribution in [1.82, 2.24) is 20.2 Å². The van der Waals surface area contributed by atoms with Crippen molar-refractivity contribution in [3.05, 3.63) is 82.1 Å². The highest BCUT2D eigenvalue weighted by atomic mass is 15.3. The molecule has 5 nitrogen and oxygen atoms in total. The van der Waals surface area contributed by atoms with Gasteiger partial charge in [-0.05, 0) is 45.4 Å². The number of benzene rings is 1. The van der Waals surface area contributed by atoms with Gasteiger partial charge in [-0.2, -0.15) is 0 Å². The lowest BCUT2D eigenvalue weighted by molar-refractivity contribution is 0.459. The summed E-state index contributed by atoms with van der Waals surface area (Å²) in [7, 11) is 0. The lowest BCUT2D eigenvalue weighted by atomic mass is 10.1. The topological polar surface area (TPSA) is 53.1 Å². The van der Waals surface area contributed by atoms with Gasteiger partial charge in [-0.25, -0.2) is 9.97 Å². The van der Waals surface area contributed by atoms with Gasteiger partial charge in [-0.15, -0.1) is 0 Å². The summed E-state index contributed by atoms with van der Waals surface area (Å²) in [6.45, 7) is 9.80. The SMILES string of the molecule is CC1=CC=C2NC(c3ccc(C)cc3)=C(CNc3nc(C)cc(C)n3)N2C1. The van der Waals surface area contributed by atoms with E-state index < -0.39 is 0 Å². The summed E-state index contributed by atoms with van der Waals surface area (Å²) >= 11 is 0. The second-order valence-corrected chi connectivity index (χ2v) is 7.29. The Labute approximate surface area is 160 Å². The Morgan fingerprint density at radius 3 is 2.41 bits per heavy atom. The van der Waals surface area contributed by atoms with Crippen LogP contribution in [0.4, 0.5) is 5.95 Å². The number of nitrogens with zero attached hydrogens (tertiary/aromatic N) is 3. The molecule has 0 saturated carbocycles. The first-order valence-corrected chi connectivity index (χ1v) is 9.28. The van der Waals surface area contributed by atoms with Crippen molar-refractivity contribution in [1.29, 1.82) is 0 Å².